The standard InChI is InChI=1S/C18H19FN2O3S/c1-10-15(11-6-8-12(19)9-7-11)20-18(25-10)21-16(22)13-4-2-3-5-14(13)17(23)24/h6-9,13-14H,2-5H2,1H3,(H,23,24)(H,20,21,22). The molecule has 0 bridgehead atoms. The summed E-state index contributed by atoms with van der Waals surface area (Å²) in [5, 5.41) is 12.5. The number of aliphatic carboxylic acids is 1. The van der Waals surface area contributed by atoms with Crippen molar-refractivity contribution < 1.29 is 19.1 Å². The number of carboxylic acids is 1. The number of carbonyl (C=O) groups excluding carboxylic acids is 1. The molecule has 1 aromatic carbocycles. The zero-order valence-corrected chi connectivity index (χ0v) is 14.6. The second-order valence-electron chi connectivity index (χ2n) is 6.26. The van der Waals surface area contributed by atoms with Crippen LogP contribution in [0.2, 0.25) is 0 Å². The van der Waals surface area contributed by atoms with Crippen LogP contribution in [-0.2, 0) is 9.59 Å². The normalized spacial score (nSPS) is 20.2. The maximum absolute atomic E-state index is 13.1. The first kappa shape index (κ1) is 17.5. The molecule has 2 aromatic rings. The molecule has 3 rings (SSSR count). The van der Waals surface area contributed by atoms with Crippen molar-refractivity contribution in [3.8, 4) is 11.3 Å². The fourth-order valence-electron chi connectivity index (χ4n) is 3.26. The van der Waals surface area contributed by atoms with E-state index in [0.717, 1.165) is 23.3 Å². The number of carbonyl (C=O) groups is 2. The summed E-state index contributed by atoms with van der Waals surface area (Å²) in [6.45, 7) is 1.88. The Kier molecular flexibility index (Phi) is 5.13. The van der Waals surface area contributed by atoms with Crippen molar-refractivity contribution in [3.63, 3.8) is 0 Å². The predicted octanol–water partition coefficient (Wildman–Crippen LogP) is 4.09. The van der Waals surface area contributed by atoms with Gasteiger partial charge in [-0.15, -0.1) is 11.3 Å². The number of anilines is 1. The Bertz CT molecular complexity index is 788. The number of hydrogen-bond donors (Lipinski definition) is 2. The zero-order chi connectivity index (χ0) is 18.0. The minimum atomic E-state index is -0.915. The molecular weight excluding hydrogens is 343 g/mol. The molecule has 0 aliphatic heterocycles. The highest BCUT2D eigenvalue weighted by Crippen LogP contribution is 2.34. The number of hydrogen-bond acceptors (Lipinski definition) is 4. The molecule has 25 heavy (non-hydrogen) atoms. The van der Waals surface area contributed by atoms with E-state index in [0.29, 0.717) is 23.7 Å². The lowest BCUT2D eigenvalue weighted by atomic mass is 9.79. The van der Waals surface area contributed by atoms with Gasteiger partial charge in [0.25, 0.3) is 0 Å². The fourth-order valence-corrected chi connectivity index (χ4v) is 4.10. The van der Waals surface area contributed by atoms with Crippen LogP contribution >= 0.6 is 11.3 Å². The van der Waals surface area contributed by atoms with E-state index in [2.05, 4.69) is 10.3 Å². The smallest absolute Gasteiger partial charge is 0.307 e. The molecular formula is C18H19FN2O3S. The number of thiazole rings is 1. The molecule has 5 nitrogen and oxygen atoms in total. The van der Waals surface area contributed by atoms with Crippen molar-refractivity contribution in [2.45, 2.75) is 32.6 Å². The summed E-state index contributed by atoms with van der Waals surface area (Å²) >= 11 is 1.33. The molecule has 0 radical (unpaired) electrons. The van der Waals surface area contributed by atoms with Crippen LogP contribution < -0.4 is 5.32 Å². The molecule has 0 saturated heterocycles. The molecule has 1 fully saturated rings. The number of benzene rings is 1. The van der Waals surface area contributed by atoms with Crippen LogP contribution in [0, 0.1) is 24.6 Å². The van der Waals surface area contributed by atoms with Crippen LogP contribution in [0.3, 0.4) is 0 Å². The highest BCUT2D eigenvalue weighted by molar-refractivity contribution is 7.16. The van der Waals surface area contributed by atoms with Crippen LogP contribution in [0.15, 0.2) is 24.3 Å². The first-order valence-corrected chi connectivity index (χ1v) is 9.04. The molecule has 1 aliphatic carbocycles. The first-order chi connectivity index (χ1) is 12.0. The fraction of sp³-hybridized carbons (Fsp3) is 0.389. The number of halogens is 1. The maximum atomic E-state index is 13.1. The van der Waals surface area contributed by atoms with E-state index in [1.807, 2.05) is 6.92 Å². The second kappa shape index (κ2) is 7.31. The highest BCUT2D eigenvalue weighted by atomic mass is 32.1. The summed E-state index contributed by atoms with van der Waals surface area (Å²) in [5.41, 5.74) is 1.47. The Morgan fingerprint density at radius 2 is 1.84 bits per heavy atom. The summed E-state index contributed by atoms with van der Waals surface area (Å²) < 4.78 is 13.1. The lowest BCUT2D eigenvalue weighted by Crippen LogP contribution is -2.36. The van der Waals surface area contributed by atoms with Crippen molar-refractivity contribution in [1.29, 1.82) is 0 Å². The van der Waals surface area contributed by atoms with E-state index in [4.69, 9.17) is 0 Å². The molecule has 1 saturated carbocycles. The van der Waals surface area contributed by atoms with Gasteiger partial charge in [0, 0.05) is 10.4 Å². The van der Waals surface area contributed by atoms with Gasteiger partial charge in [0.1, 0.15) is 5.82 Å². The van der Waals surface area contributed by atoms with Gasteiger partial charge < -0.3 is 10.4 Å². The predicted molar refractivity (Wildman–Crippen MR) is 94.0 cm³/mol. The van der Waals surface area contributed by atoms with Gasteiger partial charge in [0.15, 0.2) is 5.13 Å². The van der Waals surface area contributed by atoms with Gasteiger partial charge >= 0.3 is 5.97 Å². The number of nitrogens with zero attached hydrogens (tertiary/aromatic N) is 1. The summed E-state index contributed by atoms with van der Waals surface area (Å²) in [7, 11) is 0. The molecule has 1 heterocycles. The number of aromatic nitrogens is 1. The third-order valence-electron chi connectivity index (χ3n) is 4.56. The number of carboxylic acid groups (broad SMARTS) is 1. The topological polar surface area (TPSA) is 79.3 Å². The van der Waals surface area contributed by atoms with E-state index in [-0.39, 0.29) is 11.7 Å². The molecule has 2 unspecified atom stereocenters. The summed E-state index contributed by atoms with van der Waals surface area (Å²) in [6.07, 6.45) is 2.81. The Balaban J connectivity index is 1.77. The average molecular weight is 362 g/mol. The quantitative estimate of drug-likeness (QED) is 0.859. The second-order valence-corrected chi connectivity index (χ2v) is 7.46. The van der Waals surface area contributed by atoms with E-state index in [9.17, 15) is 19.1 Å². The Morgan fingerprint density at radius 1 is 1.20 bits per heavy atom. The lowest BCUT2D eigenvalue weighted by Gasteiger charge is -2.26. The largest absolute Gasteiger partial charge is 0.481 e. The number of rotatable bonds is 4. The van der Waals surface area contributed by atoms with Crippen LogP contribution in [0.4, 0.5) is 9.52 Å². The summed E-state index contributed by atoms with van der Waals surface area (Å²) in [5.74, 6) is -2.67. The van der Waals surface area contributed by atoms with Gasteiger partial charge in [-0.3, -0.25) is 9.59 Å². The van der Waals surface area contributed by atoms with Gasteiger partial charge in [0.05, 0.1) is 17.5 Å². The van der Waals surface area contributed by atoms with E-state index >= 15 is 0 Å². The third-order valence-corrected chi connectivity index (χ3v) is 5.45. The molecule has 1 amide bonds. The Labute approximate surface area is 148 Å². The van der Waals surface area contributed by atoms with Crippen molar-refractivity contribution >= 4 is 28.3 Å². The van der Waals surface area contributed by atoms with Crippen LogP contribution in [-0.4, -0.2) is 22.0 Å². The van der Waals surface area contributed by atoms with Crippen molar-refractivity contribution in [3.05, 3.63) is 35.0 Å². The van der Waals surface area contributed by atoms with E-state index < -0.39 is 17.8 Å². The highest BCUT2D eigenvalue weighted by Gasteiger charge is 2.36. The van der Waals surface area contributed by atoms with Gasteiger partial charge in [-0.25, -0.2) is 9.37 Å². The third kappa shape index (κ3) is 3.87. The van der Waals surface area contributed by atoms with Gasteiger partial charge in [-0.1, -0.05) is 12.8 Å². The van der Waals surface area contributed by atoms with Crippen LogP contribution in [0.1, 0.15) is 30.6 Å². The molecule has 2 atom stereocenters. The lowest BCUT2D eigenvalue weighted by molar-refractivity contribution is -0.147. The summed E-state index contributed by atoms with van der Waals surface area (Å²) in [6, 6.07) is 6.02. The molecule has 132 valence electrons. The van der Waals surface area contributed by atoms with E-state index in [1.54, 1.807) is 12.1 Å². The van der Waals surface area contributed by atoms with Gasteiger partial charge in [0.2, 0.25) is 5.91 Å². The van der Waals surface area contributed by atoms with Crippen molar-refractivity contribution in [1.82, 2.24) is 4.98 Å². The summed E-state index contributed by atoms with van der Waals surface area (Å²) in [4.78, 5) is 29.2. The average Bonchev–Trinajstić information content (AvgIpc) is 2.95. The monoisotopic (exact) mass is 362 g/mol. The van der Waals surface area contributed by atoms with Gasteiger partial charge in [-0.2, -0.15) is 0 Å². The first-order valence-electron chi connectivity index (χ1n) is 8.22. The number of aryl methyl sites for hydroxylation is 1. The van der Waals surface area contributed by atoms with Gasteiger partial charge in [-0.05, 0) is 44.0 Å². The zero-order valence-electron chi connectivity index (χ0n) is 13.8. The molecule has 2 N–H and O–H groups in total. The van der Waals surface area contributed by atoms with Crippen LogP contribution in [0.25, 0.3) is 11.3 Å². The molecule has 1 aromatic heterocycles. The number of nitrogens with one attached hydrogen (secondary N) is 1. The minimum absolute atomic E-state index is 0.286. The molecule has 1 aliphatic rings. The Morgan fingerprint density at radius 3 is 2.48 bits per heavy atom. The SMILES string of the molecule is Cc1sc(NC(=O)C2CCCCC2C(=O)O)nc1-c1ccc(F)cc1. The minimum Gasteiger partial charge on any atom is -0.481 e. The van der Waals surface area contributed by atoms with Crippen molar-refractivity contribution in [2.75, 3.05) is 5.32 Å². The number of amides is 1. The van der Waals surface area contributed by atoms with Crippen LogP contribution in [0.5, 0.6) is 0 Å². The Hall–Kier alpha value is -2.28. The van der Waals surface area contributed by atoms with Crippen molar-refractivity contribution in [2.24, 2.45) is 11.8 Å². The van der Waals surface area contributed by atoms with E-state index in [1.165, 1.54) is 23.5 Å². The molecule has 0 spiro atoms. The maximum Gasteiger partial charge on any atom is 0.307 e. The molecule has 7 heteroatoms.